The lowest BCUT2D eigenvalue weighted by Crippen LogP contribution is -2.18. The maximum absolute atomic E-state index is 12.3. The smallest absolute Gasteiger partial charge is 0.424 e. The molecular formula is C18H12F3N3O3. The zero-order chi connectivity index (χ0) is 19.3. The van der Waals surface area contributed by atoms with Crippen LogP contribution in [0.3, 0.4) is 0 Å². The van der Waals surface area contributed by atoms with Crippen molar-refractivity contribution >= 4 is 11.6 Å². The summed E-state index contributed by atoms with van der Waals surface area (Å²) in [6.45, 7) is 0. The Bertz CT molecular complexity index is 916. The summed E-state index contributed by atoms with van der Waals surface area (Å²) in [6.07, 6.45) is -2.20. The molecule has 0 atom stereocenters. The number of ether oxygens (including phenoxy) is 2. The van der Waals surface area contributed by atoms with E-state index in [-0.39, 0.29) is 17.3 Å². The number of para-hydroxylation sites is 1. The standard InChI is InChI=1S/C18H12F3N3O3/c19-18(20,21)27-15-8-4-5-12(9-15)16(25)24-13-10-22-17(23-11-13)26-14-6-2-1-3-7-14/h1-11H,(H,24,25). The molecule has 0 saturated carbocycles. The monoisotopic (exact) mass is 375 g/mol. The first-order chi connectivity index (χ1) is 12.9. The minimum atomic E-state index is -4.84. The molecule has 27 heavy (non-hydrogen) atoms. The zero-order valence-electron chi connectivity index (χ0n) is 13.6. The number of nitrogens with zero attached hydrogens (tertiary/aromatic N) is 2. The number of carbonyl (C=O) groups is 1. The Balaban J connectivity index is 1.65. The van der Waals surface area contributed by atoms with Crippen LogP contribution in [0.5, 0.6) is 17.5 Å². The lowest BCUT2D eigenvalue weighted by atomic mass is 10.2. The number of anilines is 1. The van der Waals surface area contributed by atoms with Gasteiger partial charge in [0.1, 0.15) is 11.5 Å². The average molecular weight is 375 g/mol. The number of benzene rings is 2. The van der Waals surface area contributed by atoms with Gasteiger partial charge in [-0.25, -0.2) is 9.97 Å². The second kappa shape index (κ2) is 7.73. The molecule has 0 aliphatic rings. The van der Waals surface area contributed by atoms with E-state index in [2.05, 4.69) is 20.0 Å². The molecule has 0 spiro atoms. The van der Waals surface area contributed by atoms with Crippen LogP contribution in [0.2, 0.25) is 0 Å². The Morgan fingerprint density at radius 2 is 1.59 bits per heavy atom. The summed E-state index contributed by atoms with van der Waals surface area (Å²) >= 11 is 0. The highest BCUT2D eigenvalue weighted by Gasteiger charge is 2.31. The van der Waals surface area contributed by atoms with Gasteiger partial charge in [-0.2, -0.15) is 0 Å². The lowest BCUT2D eigenvalue weighted by molar-refractivity contribution is -0.274. The summed E-state index contributed by atoms with van der Waals surface area (Å²) < 4.78 is 46.0. The van der Waals surface area contributed by atoms with Crippen LogP contribution in [0.15, 0.2) is 67.0 Å². The third-order valence-corrected chi connectivity index (χ3v) is 3.17. The van der Waals surface area contributed by atoms with Crippen molar-refractivity contribution in [2.75, 3.05) is 5.32 Å². The van der Waals surface area contributed by atoms with Gasteiger partial charge in [-0.05, 0) is 30.3 Å². The third-order valence-electron chi connectivity index (χ3n) is 3.17. The Labute approximate surface area is 151 Å². The normalized spacial score (nSPS) is 10.9. The van der Waals surface area contributed by atoms with Crippen molar-refractivity contribution in [1.82, 2.24) is 9.97 Å². The second-order valence-electron chi connectivity index (χ2n) is 5.20. The Morgan fingerprint density at radius 3 is 2.26 bits per heavy atom. The number of hydrogen-bond acceptors (Lipinski definition) is 5. The Hall–Kier alpha value is -3.62. The van der Waals surface area contributed by atoms with Crippen molar-refractivity contribution in [2.45, 2.75) is 6.36 Å². The minimum absolute atomic E-state index is 0.0126. The molecule has 0 saturated heterocycles. The van der Waals surface area contributed by atoms with Crippen LogP contribution in [-0.2, 0) is 0 Å². The first-order valence-electron chi connectivity index (χ1n) is 7.61. The summed E-state index contributed by atoms with van der Waals surface area (Å²) in [5.41, 5.74) is 0.240. The average Bonchev–Trinajstić information content (AvgIpc) is 2.63. The van der Waals surface area contributed by atoms with Crippen LogP contribution < -0.4 is 14.8 Å². The number of hydrogen-bond donors (Lipinski definition) is 1. The van der Waals surface area contributed by atoms with Crippen molar-refractivity contribution in [3.05, 3.63) is 72.6 Å². The molecule has 0 bridgehead atoms. The number of carbonyl (C=O) groups excluding carboxylic acids is 1. The molecule has 1 heterocycles. The number of nitrogens with one attached hydrogen (secondary N) is 1. The molecule has 3 rings (SSSR count). The van der Waals surface area contributed by atoms with E-state index in [1.165, 1.54) is 24.5 Å². The van der Waals surface area contributed by atoms with E-state index in [4.69, 9.17) is 4.74 Å². The summed E-state index contributed by atoms with van der Waals surface area (Å²) in [7, 11) is 0. The predicted molar refractivity (Wildman–Crippen MR) is 89.6 cm³/mol. The molecule has 1 amide bonds. The van der Waals surface area contributed by atoms with E-state index in [1.54, 1.807) is 24.3 Å². The van der Waals surface area contributed by atoms with Crippen molar-refractivity contribution in [3.63, 3.8) is 0 Å². The molecule has 0 aliphatic heterocycles. The topological polar surface area (TPSA) is 73.3 Å². The lowest BCUT2D eigenvalue weighted by Gasteiger charge is -2.10. The van der Waals surface area contributed by atoms with Gasteiger partial charge in [0.25, 0.3) is 5.91 Å². The van der Waals surface area contributed by atoms with Crippen molar-refractivity contribution < 1.29 is 27.4 Å². The fourth-order valence-corrected chi connectivity index (χ4v) is 2.07. The predicted octanol–water partition coefficient (Wildman–Crippen LogP) is 4.42. The molecule has 138 valence electrons. The zero-order valence-corrected chi connectivity index (χ0v) is 13.6. The molecule has 0 unspecified atom stereocenters. The summed E-state index contributed by atoms with van der Waals surface area (Å²) in [4.78, 5) is 20.1. The highest BCUT2D eigenvalue weighted by atomic mass is 19.4. The van der Waals surface area contributed by atoms with E-state index in [0.29, 0.717) is 5.75 Å². The fourth-order valence-electron chi connectivity index (χ4n) is 2.07. The molecule has 1 aromatic heterocycles. The van der Waals surface area contributed by atoms with E-state index in [0.717, 1.165) is 12.1 Å². The van der Waals surface area contributed by atoms with Gasteiger partial charge >= 0.3 is 12.4 Å². The van der Waals surface area contributed by atoms with Crippen LogP contribution >= 0.6 is 0 Å². The van der Waals surface area contributed by atoms with Crippen LogP contribution in [0.1, 0.15) is 10.4 Å². The van der Waals surface area contributed by atoms with Crippen molar-refractivity contribution in [2.24, 2.45) is 0 Å². The van der Waals surface area contributed by atoms with Gasteiger partial charge in [0.05, 0.1) is 18.1 Å². The van der Waals surface area contributed by atoms with Crippen molar-refractivity contribution in [1.29, 1.82) is 0 Å². The van der Waals surface area contributed by atoms with Gasteiger partial charge in [-0.3, -0.25) is 4.79 Å². The Kier molecular flexibility index (Phi) is 5.20. The largest absolute Gasteiger partial charge is 0.573 e. The third kappa shape index (κ3) is 5.43. The number of aromatic nitrogens is 2. The fraction of sp³-hybridized carbons (Fsp3) is 0.0556. The maximum atomic E-state index is 12.3. The summed E-state index contributed by atoms with van der Waals surface area (Å²) in [5, 5.41) is 2.48. The molecule has 2 aromatic carbocycles. The molecule has 1 N–H and O–H groups in total. The van der Waals surface area contributed by atoms with Gasteiger partial charge < -0.3 is 14.8 Å². The highest BCUT2D eigenvalue weighted by molar-refractivity contribution is 6.04. The first-order valence-corrected chi connectivity index (χ1v) is 7.61. The van der Waals surface area contributed by atoms with Gasteiger partial charge in [0.15, 0.2) is 0 Å². The molecule has 3 aromatic rings. The maximum Gasteiger partial charge on any atom is 0.573 e. The highest BCUT2D eigenvalue weighted by Crippen LogP contribution is 2.24. The van der Waals surface area contributed by atoms with Crippen LogP contribution in [0.4, 0.5) is 18.9 Å². The molecular weight excluding hydrogens is 363 g/mol. The van der Waals surface area contributed by atoms with Crippen molar-refractivity contribution in [3.8, 4) is 17.5 Å². The van der Waals surface area contributed by atoms with Gasteiger partial charge in [0.2, 0.25) is 0 Å². The van der Waals surface area contributed by atoms with E-state index >= 15 is 0 Å². The van der Waals surface area contributed by atoms with E-state index in [1.807, 2.05) is 6.07 Å². The second-order valence-corrected chi connectivity index (χ2v) is 5.20. The van der Waals surface area contributed by atoms with E-state index < -0.39 is 18.0 Å². The summed E-state index contributed by atoms with van der Waals surface area (Å²) in [6, 6.07) is 13.7. The first kappa shape index (κ1) is 18.2. The van der Waals surface area contributed by atoms with Gasteiger partial charge in [-0.1, -0.05) is 24.3 Å². The molecule has 0 radical (unpaired) electrons. The molecule has 9 heteroatoms. The number of amides is 1. The summed E-state index contributed by atoms with van der Waals surface area (Å²) in [5.74, 6) is -0.572. The van der Waals surface area contributed by atoms with Gasteiger partial charge in [-0.15, -0.1) is 13.2 Å². The minimum Gasteiger partial charge on any atom is -0.424 e. The molecule has 0 aliphatic carbocycles. The SMILES string of the molecule is O=C(Nc1cnc(Oc2ccccc2)nc1)c1cccc(OC(F)(F)F)c1. The number of halogens is 3. The Morgan fingerprint density at radius 1 is 0.926 bits per heavy atom. The van der Waals surface area contributed by atoms with Crippen LogP contribution in [-0.4, -0.2) is 22.2 Å². The van der Waals surface area contributed by atoms with Gasteiger partial charge in [0, 0.05) is 5.56 Å². The van der Waals surface area contributed by atoms with Crippen LogP contribution in [0, 0.1) is 0 Å². The van der Waals surface area contributed by atoms with Crippen LogP contribution in [0.25, 0.3) is 0 Å². The number of rotatable bonds is 5. The quantitative estimate of drug-likeness (QED) is 0.715. The number of alkyl halides is 3. The molecule has 0 fully saturated rings. The van der Waals surface area contributed by atoms with E-state index in [9.17, 15) is 18.0 Å². The molecule has 6 nitrogen and oxygen atoms in total.